The lowest BCUT2D eigenvalue weighted by molar-refractivity contribution is -0.191. The minimum atomic E-state index is -3.90. The fourth-order valence-electron chi connectivity index (χ4n) is 3.59. The van der Waals surface area contributed by atoms with Gasteiger partial charge in [-0.1, -0.05) is 0 Å². The number of carbonyl (C=O) groups is 2. The predicted molar refractivity (Wildman–Crippen MR) is 141 cm³/mol. The van der Waals surface area contributed by atoms with E-state index in [1.807, 2.05) is 0 Å². The molecule has 0 aliphatic carbocycles. The number of carbonyl (C=O) groups excluding carboxylic acids is 2. The van der Waals surface area contributed by atoms with Gasteiger partial charge in [0.15, 0.2) is 36.2 Å². The van der Waals surface area contributed by atoms with Gasteiger partial charge in [-0.2, -0.15) is 4.98 Å². The van der Waals surface area contributed by atoms with Crippen LogP contribution in [0.4, 0.5) is 23.4 Å². The summed E-state index contributed by atoms with van der Waals surface area (Å²) in [6.45, 7) is 3.81. The van der Waals surface area contributed by atoms with Crippen molar-refractivity contribution >= 4 is 36.1 Å². The molecule has 0 radical (unpaired) electrons. The van der Waals surface area contributed by atoms with Crippen molar-refractivity contribution in [2.75, 3.05) is 12.3 Å². The fraction of sp³-hybridized carbons (Fsp3) is 0.727. The van der Waals surface area contributed by atoms with Gasteiger partial charge in [0, 0.05) is 0 Å². The van der Waals surface area contributed by atoms with Crippen molar-refractivity contribution < 1.29 is 51.0 Å². The number of aromatic nitrogens is 2. The van der Waals surface area contributed by atoms with Crippen molar-refractivity contribution in [3.05, 3.63) is 22.5 Å². The molecule has 2 heterocycles. The lowest BCUT2D eigenvalue weighted by Gasteiger charge is -2.35. The summed E-state index contributed by atoms with van der Waals surface area (Å²) < 4.78 is 79.2. The van der Waals surface area contributed by atoms with Crippen molar-refractivity contribution in [1.29, 1.82) is 0 Å². The maximum Gasteiger partial charge on any atom is 0.351 e. The van der Waals surface area contributed by atoms with E-state index < -0.39 is 97.3 Å². The lowest BCUT2D eigenvalue weighted by atomic mass is 9.97. The van der Waals surface area contributed by atoms with Crippen molar-refractivity contribution in [2.45, 2.75) is 96.4 Å². The van der Waals surface area contributed by atoms with E-state index in [2.05, 4.69) is 15.2 Å². The number of nitrogen functional groups attached to an aromatic ring is 1. The van der Waals surface area contributed by atoms with Crippen LogP contribution in [0.3, 0.4) is 0 Å². The van der Waals surface area contributed by atoms with Gasteiger partial charge >= 0.3 is 17.6 Å². The summed E-state index contributed by atoms with van der Waals surface area (Å²) in [7, 11) is 0. The molecule has 41 heavy (non-hydrogen) atoms. The number of nitrogens with zero attached hydrogens (tertiary/aromatic N) is 2. The Hall–Kier alpha value is -2.21. The number of rotatable bonds is 13. The SMILES string of the molecule is CC(C)OC(=O)[C@H](C)NP(=S)(N[C@@H](C)C(=O)OC(C)C)OC[C@@]1(C(F)F)O[C@@H](n2cc(F)c(N)nc2=O)[C@@H](F)[C@@H]1O. The second-order valence-corrected chi connectivity index (χ2v) is 13.2. The third-order valence-electron chi connectivity index (χ3n) is 5.60. The third kappa shape index (κ3) is 8.43. The number of aliphatic hydroxyl groups is 1. The first kappa shape index (κ1) is 35.0. The summed E-state index contributed by atoms with van der Waals surface area (Å²) in [6, 6.07) is -2.38. The number of nitrogens with one attached hydrogen (secondary N) is 2. The van der Waals surface area contributed by atoms with Crippen LogP contribution in [0.15, 0.2) is 11.0 Å². The molecular weight excluding hydrogens is 601 g/mol. The van der Waals surface area contributed by atoms with Crippen LogP contribution in [-0.2, 0) is 40.1 Å². The highest BCUT2D eigenvalue weighted by molar-refractivity contribution is 8.10. The van der Waals surface area contributed by atoms with Gasteiger partial charge in [0.05, 0.1) is 25.0 Å². The van der Waals surface area contributed by atoms with Gasteiger partial charge in [0.1, 0.15) is 18.2 Å². The molecule has 5 N–H and O–H groups in total. The normalized spacial score (nSPS) is 24.6. The Labute approximate surface area is 238 Å². The summed E-state index contributed by atoms with van der Waals surface area (Å²) in [5.41, 5.74) is 0.735. The van der Waals surface area contributed by atoms with Crippen LogP contribution in [0.25, 0.3) is 0 Å². The quantitative estimate of drug-likeness (QED) is 0.139. The second kappa shape index (κ2) is 13.8. The molecule has 0 spiro atoms. The van der Waals surface area contributed by atoms with Crippen molar-refractivity contribution in [3.63, 3.8) is 0 Å². The zero-order valence-corrected chi connectivity index (χ0v) is 24.8. The second-order valence-electron chi connectivity index (χ2n) is 9.82. The number of aliphatic hydroxyl groups excluding tert-OH is 1. The van der Waals surface area contributed by atoms with E-state index in [0.717, 1.165) is 0 Å². The van der Waals surface area contributed by atoms with Crippen LogP contribution in [0, 0.1) is 5.82 Å². The van der Waals surface area contributed by atoms with Crippen LogP contribution >= 0.6 is 6.57 Å². The monoisotopic (exact) mass is 635 g/mol. The maximum atomic E-state index is 15.2. The standard InChI is InChI=1S/C22H34F4N5O8PS/c1-9(2)37-18(33)11(5)29-40(41,30-12(6)19(34)38-10(3)4)36-8-22(20(25)26)15(32)14(24)17(39-22)31-7-13(23)16(27)28-21(31)35/h7,9-12,14-15,17,20,32H,8H2,1-6H3,(H2,27,28,35)(H2,29,30,41)/t11-,12-,14-,15-,17+,22+/m0/s1. The van der Waals surface area contributed by atoms with Crippen molar-refractivity contribution in [1.82, 2.24) is 19.7 Å². The molecule has 1 aromatic rings. The number of alkyl halides is 3. The van der Waals surface area contributed by atoms with Crippen LogP contribution in [0.2, 0.25) is 0 Å². The van der Waals surface area contributed by atoms with Crippen LogP contribution < -0.4 is 21.6 Å². The summed E-state index contributed by atoms with van der Waals surface area (Å²) in [5.74, 6) is -3.68. The average molecular weight is 636 g/mol. The van der Waals surface area contributed by atoms with E-state index in [-0.39, 0.29) is 4.57 Å². The number of halogens is 4. The van der Waals surface area contributed by atoms with Crippen LogP contribution in [0.5, 0.6) is 0 Å². The zero-order valence-electron chi connectivity index (χ0n) is 23.0. The highest BCUT2D eigenvalue weighted by Crippen LogP contribution is 2.47. The highest BCUT2D eigenvalue weighted by atomic mass is 32.4. The molecule has 6 atom stereocenters. The summed E-state index contributed by atoms with van der Waals surface area (Å²) in [5, 5.41) is 15.8. The number of esters is 2. The Morgan fingerprint density at radius 2 is 1.66 bits per heavy atom. The van der Waals surface area contributed by atoms with Gasteiger partial charge in [0.2, 0.25) is 0 Å². The molecule has 0 aromatic carbocycles. The third-order valence-corrected chi connectivity index (χ3v) is 8.50. The molecular formula is C22H34F4N5O8PS. The van der Waals surface area contributed by atoms with Crippen LogP contribution in [-0.4, -0.2) is 81.8 Å². The first-order valence-corrected chi connectivity index (χ1v) is 15.1. The molecule has 2 rings (SSSR count). The summed E-state index contributed by atoms with van der Waals surface area (Å²) in [4.78, 5) is 40.1. The van der Waals surface area contributed by atoms with E-state index in [9.17, 15) is 32.7 Å². The number of anilines is 1. The Balaban J connectivity index is 2.41. The Kier molecular flexibility index (Phi) is 11.8. The van der Waals surface area contributed by atoms with Gasteiger partial charge in [-0.25, -0.2) is 32.5 Å². The summed E-state index contributed by atoms with van der Waals surface area (Å²) >= 11 is 5.48. The molecule has 0 amide bonds. The molecule has 13 nitrogen and oxygen atoms in total. The van der Waals surface area contributed by atoms with Gasteiger partial charge in [-0.3, -0.25) is 14.2 Å². The smallest absolute Gasteiger partial charge is 0.351 e. The molecule has 1 fully saturated rings. The van der Waals surface area contributed by atoms with Gasteiger partial charge in [0.25, 0.3) is 6.43 Å². The number of ether oxygens (including phenoxy) is 3. The first-order valence-electron chi connectivity index (χ1n) is 12.4. The minimum absolute atomic E-state index is 0.226. The lowest BCUT2D eigenvalue weighted by Crippen LogP contribution is -2.53. The number of nitrogens with two attached hydrogens (primary N) is 1. The van der Waals surface area contributed by atoms with Crippen molar-refractivity contribution in [2.24, 2.45) is 0 Å². The van der Waals surface area contributed by atoms with Gasteiger partial charge in [-0.15, -0.1) is 0 Å². The Bertz CT molecular complexity index is 1180. The van der Waals surface area contributed by atoms with E-state index in [1.165, 1.54) is 13.8 Å². The summed E-state index contributed by atoms with van der Waals surface area (Å²) in [6.07, 6.45) is -11.8. The van der Waals surface area contributed by atoms with E-state index in [1.54, 1.807) is 27.7 Å². The van der Waals surface area contributed by atoms with Crippen LogP contribution in [0.1, 0.15) is 47.8 Å². The molecule has 0 saturated carbocycles. The Morgan fingerprint density at radius 3 is 2.10 bits per heavy atom. The molecule has 1 aliphatic rings. The largest absolute Gasteiger partial charge is 0.462 e. The molecule has 234 valence electrons. The predicted octanol–water partition coefficient (Wildman–Crippen LogP) is 1.30. The van der Waals surface area contributed by atoms with Crippen molar-refractivity contribution in [3.8, 4) is 0 Å². The molecule has 1 saturated heterocycles. The topological polar surface area (TPSA) is 176 Å². The average Bonchev–Trinajstić information content (AvgIpc) is 3.10. The van der Waals surface area contributed by atoms with Gasteiger partial charge < -0.3 is 29.6 Å². The minimum Gasteiger partial charge on any atom is -0.462 e. The maximum absolute atomic E-state index is 15.2. The molecule has 1 aromatic heterocycles. The molecule has 19 heteroatoms. The van der Waals surface area contributed by atoms with E-state index in [0.29, 0.717) is 6.20 Å². The number of hydrogen-bond donors (Lipinski definition) is 4. The zero-order chi connectivity index (χ0) is 31.4. The molecule has 1 aliphatic heterocycles. The fourth-order valence-corrected chi connectivity index (χ4v) is 6.53. The number of hydrogen-bond acceptors (Lipinski definition) is 11. The molecule has 0 unspecified atom stereocenters. The Morgan fingerprint density at radius 1 is 1.17 bits per heavy atom. The highest BCUT2D eigenvalue weighted by Gasteiger charge is 2.62. The van der Waals surface area contributed by atoms with E-state index in [4.69, 9.17) is 36.3 Å². The first-order chi connectivity index (χ1) is 18.8. The van der Waals surface area contributed by atoms with E-state index >= 15 is 4.39 Å². The van der Waals surface area contributed by atoms with Gasteiger partial charge in [-0.05, 0) is 53.3 Å². The molecule has 0 bridgehead atoms.